The van der Waals surface area contributed by atoms with Crippen LogP contribution in [-0.2, 0) is 17.5 Å². The van der Waals surface area contributed by atoms with Gasteiger partial charge in [-0.15, -0.1) is 0 Å². The Bertz CT molecular complexity index is 252. The second-order valence-electron chi connectivity index (χ2n) is 3.03. The molecule has 0 aliphatic carbocycles. The number of benzene rings is 1. The minimum absolute atomic E-state index is 0.773. The lowest BCUT2D eigenvalue weighted by Crippen LogP contribution is -1.96. The van der Waals surface area contributed by atoms with E-state index in [1.54, 1.807) is 0 Å². The van der Waals surface area contributed by atoms with Crippen molar-refractivity contribution < 1.29 is 4.43 Å². The Kier molecular flexibility index (Phi) is 5.19. The van der Waals surface area contributed by atoms with Crippen molar-refractivity contribution in [1.82, 2.24) is 0 Å². The van der Waals surface area contributed by atoms with E-state index < -0.39 is 0 Å². The van der Waals surface area contributed by atoms with Gasteiger partial charge >= 0.3 is 0 Å². The van der Waals surface area contributed by atoms with Crippen LogP contribution in [0.15, 0.2) is 24.3 Å². The molecule has 1 aromatic carbocycles. The third-order valence-electron chi connectivity index (χ3n) is 2.02. The van der Waals surface area contributed by atoms with Crippen molar-refractivity contribution in [3.63, 3.8) is 0 Å². The Hall–Kier alpha value is -0.253. The van der Waals surface area contributed by atoms with Crippen LogP contribution in [0.25, 0.3) is 0 Å². The Balaban J connectivity index is 2.66. The maximum atomic E-state index is 5.27. The van der Waals surface area contributed by atoms with Crippen LogP contribution in [0.1, 0.15) is 17.5 Å². The third-order valence-corrected chi connectivity index (χ3v) is 2.63. The summed E-state index contributed by atoms with van der Waals surface area (Å²) in [5.74, 6) is 0.954. The minimum atomic E-state index is 0.773. The quantitative estimate of drug-likeness (QED) is 0.572. The fourth-order valence-electron chi connectivity index (χ4n) is 1.37. The van der Waals surface area contributed by atoms with Gasteiger partial charge in [0.15, 0.2) is 0 Å². The molecule has 3 heteroatoms. The van der Waals surface area contributed by atoms with Gasteiger partial charge in [-0.05, 0) is 29.7 Å². The SMILES string of the molecule is [SiH3]OCc1ccccc1CCCS. The molecule has 0 heterocycles. The van der Waals surface area contributed by atoms with Crippen LogP contribution in [0.5, 0.6) is 0 Å². The molecule has 72 valence electrons. The highest BCUT2D eigenvalue weighted by Gasteiger charge is 1.99. The van der Waals surface area contributed by atoms with Crippen molar-refractivity contribution in [2.75, 3.05) is 5.75 Å². The van der Waals surface area contributed by atoms with Gasteiger partial charge in [0.05, 0.1) is 6.61 Å². The first kappa shape index (κ1) is 10.8. The molecule has 0 saturated carbocycles. The summed E-state index contributed by atoms with van der Waals surface area (Å²) < 4.78 is 5.27. The van der Waals surface area contributed by atoms with Crippen LogP contribution >= 0.6 is 12.6 Å². The van der Waals surface area contributed by atoms with Crippen molar-refractivity contribution in [1.29, 1.82) is 0 Å². The van der Waals surface area contributed by atoms with E-state index >= 15 is 0 Å². The molecule has 1 rings (SSSR count). The molecule has 0 fully saturated rings. The van der Waals surface area contributed by atoms with Crippen molar-refractivity contribution in [2.24, 2.45) is 0 Å². The molecule has 0 saturated heterocycles. The van der Waals surface area contributed by atoms with E-state index in [4.69, 9.17) is 4.43 Å². The average molecular weight is 212 g/mol. The van der Waals surface area contributed by atoms with Gasteiger partial charge in [0.25, 0.3) is 0 Å². The van der Waals surface area contributed by atoms with E-state index in [-0.39, 0.29) is 0 Å². The Morgan fingerprint density at radius 2 is 1.92 bits per heavy atom. The monoisotopic (exact) mass is 212 g/mol. The number of rotatable bonds is 5. The van der Waals surface area contributed by atoms with Gasteiger partial charge in [0, 0.05) is 0 Å². The van der Waals surface area contributed by atoms with E-state index in [1.165, 1.54) is 11.1 Å². The summed E-state index contributed by atoms with van der Waals surface area (Å²) in [5.41, 5.74) is 2.74. The van der Waals surface area contributed by atoms with Crippen LogP contribution < -0.4 is 0 Å². The van der Waals surface area contributed by atoms with Gasteiger partial charge < -0.3 is 4.43 Å². The molecule has 0 aromatic heterocycles. The number of aryl methyl sites for hydroxylation is 1. The predicted octanol–water partition coefficient (Wildman–Crippen LogP) is 1.35. The topological polar surface area (TPSA) is 9.23 Å². The lowest BCUT2D eigenvalue weighted by molar-refractivity contribution is 0.337. The molecule has 0 aliphatic heterocycles. The molecule has 1 nitrogen and oxygen atoms in total. The first-order chi connectivity index (χ1) is 6.38. The molecule has 0 amide bonds. The van der Waals surface area contributed by atoms with E-state index in [2.05, 4.69) is 36.9 Å². The molecule has 0 unspecified atom stereocenters. The largest absolute Gasteiger partial charge is 0.424 e. The molecular weight excluding hydrogens is 196 g/mol. The number of hydrogen-bond acceptors (Lipinski definition) is 2. The standard InChI is InChI=1S/C10H16OSSi/c12-7-3-6-9-4-1-2-5-10(9)8-11-13/h1-2,4-5,12H,3,6-8H2,13H3. The van der Waals surface area contributed by atoms with Crippen molar-refractivity contribution in [3.8, 4) is 0 Å². The van der Waals surface area contributed by atoms with E-state index in [0.29, 0.717) is 0 Å². The Morgan fingerprint density at radius 1 is 1.23 bits per heavy atom. The summed E-state index contributed by atoms with van der Waals surface area (Å²) in [6.07, 6.45) is 2.26. The van der Waals surface area contributed by atoms with Crippen LogP contribution in [0, 0.1) is 0 Å². The molecule has 0 atom stereocenters. The molecule has 0 bridgehead atoms. The second kappa shape index (κ2) is 6.24. The van der Waals surface area contributed by atoms with Gasteiger partial charge in [-0.3, -0.25) is 0 Å². The summed E-state index contributed by atoms with van der Waals surface area (Å²) in [7, 11) is 0.812. The van der Waals surface area contributed by atoms with Gasteiger partial charge in [0.2, 0.25) is 0 Å². The molecule has 0 N–H and O–H groups in total. The van der Waals surface area contributed by atoms with E-state index in [0.717, 1.165) is 35.7 Å². The summed E-state index contributed by atoms with van der Waals surface area (Å²) in [6.45, 7) is 0.773. The fraction of sp³-hybridized carbons (Fsp3) is 0.400. The summed E-state index contributed by atoms with van der Waals surface area (Å²) >= 11 is 4.21. The average Bonchev–Trinajstić information content (AvgIpc) is 2.17. The van der Waals surface area contributed by atoms with Crippen LogP contribution in [0.4, 0.5) is 0 Å². The molecule has 1 aromatic rings. The zero-order chi connectivity index (χ0) is 9.52. The molecular formula is C10H16OSSi. The number of hydrogen-bond donors (Lipinski definition) is 1. The predicted molar refractivity (Wildman–Crippen MR) is 63.3 cm³/mol. The zero-order valence-corrected chi connectivity index (χ0v) is 10.9. The van der Waals surface area contributed by atoms with Gasteiger partial charge in [-0.25, -0.2) is 0 Å². The second-order valence-corrected chi connectivity index (χ2v) is 4.05. The highest BCUT2D eigenvalue weighted by Crippen LogP contribution is 2.12. The molecule has 0 spiro atoms. The molecule has 13 heavy (non-hydrogen) atoms. The third kappa shape index (κ3) is 3.54. The summed E-state index contributed by atoms with van der Waals surface area (Å²) in [5, 5.41) is 0. The lowest BCUT2D eigenvalue weighted by Gasteiger charge is -2.07. The van der Waals surface area contributed by atoms with Crippen molar-refractivity contribution in [2.45, 2.75) is 19.4 Å². The maximum Gasteiger partial charge on any atom is 0.146 e. The Morgan fingerprint density at radius 3 is 2.54 bits per heavy atom. The van der Waals surface area contributed by atoms with Crippen molar-refractivity contribution >= 4 is 23.1 Å². The first-order valence-corrected chi connectivity index (χ1v) is 6.00. The van der Waals surface area contributed by atoms with Crippen molar-refractivity contribution in [3.05, 3.63) is 35.4 Å². The summed E-state index contributed by atoms with van der Waals surface area (Å²) in [4.78, 5) is 0. The highest BCUT2D eigenvalue weighted by atomic mass is 32.1. The van der Waals surface area contributed by atoms with Crippen LogP contribution in [-0.4, -0.2) is 16.2 Å². The maximum absolute atomic E-state index is 5.27. The van der Waals surface area contributed by atoms with Crippen LogP contribution in [0.3, 0.4) is 0 Å². The molecule has 0 aliphatic rings. The fourth-order valence-corrected chi connectivity index (χ4v) is 1.84. The van der Waals surface area contributed by atoms with Gasteiger partial charge in [-0.1, -0.05) is 24.3 Å². The minimum Gasteiger partial charge on any atom is -0.424 e. The van der Waals surface area contributed by atoms with Crippen LogP contribution in [0.2, 0.25) is 0 Å². The van der Waals surface area contributed by atoms with Gasteiger partial charge in [0.1, 0.15) is 10.5 Å². The normalized spacial score (nSPS) is 10.5. The Labute approximate surface area is 88.5 Å². The van der Waals surface area contributed by atoms with E-state index in [1.807, 2.05) is 0 Å². The first-order valence-electron chi connectivity index (χ1n) is 4.55. The smallest absolute Gasteiger partial charge is 0.146 e. The zero-order valence-electron chi connectivity index (χ0n) is 7.99. The highest BCUT2D eigenvalue weighted by molar-refractivity contribution is 7.80. The number of thiol groups is 1. The molecule has 0 radical (unpaired) electrons. The summed E-state index contributed by atoms with van der Waals surface area (Å²) in [6, 6.07) is 8.48. The lowest BCUT2D eigenvalue weighted by atomic mass is 10.0. The van der Waals surface area contributed by atoms with E-state index in [9.17, 15) is 0 Å². The van der Waals surface area contributed by atoms with Gasteiger partial charge in [-0.2, -0.15) is 12.6 Å².